The molecule has 5 nitrogen and oxygen atoms in total. The summed E-state index contributed by atoms with van der Waals surface area (Å²) in [6.45, 7) is 13.1. The van der Waals surface area contributed by atoms with Crippen LogP contribution in [-0.4, -0.2) is 19.6 Å². The SMILES string of the molecule is CC(C)(C)c1cc(-c2nc3c(-c4cc(-c5ccccc5)cc(-c5nccc6c5oc5cc7ccccc7cc56)c4)cccc3n2-c2ccccc2-c2ccccc2)c(O)c(C(C)(C)C)c1. The van der Waals surface area contributed by atoms with E-state index in [2.05, 4.69) is 210 Å². The molecule has 8 aromatic carbocycles. The Morgan fingerprint density at radius 2 is 1.15 bits per heavy atom. The molecule has 0 fully saturated rings. The number of hydrogen-bond donors (Lipinski definition) is 1. The molecule has 0 spiro atoms. The zero-order valence-electron chi connectivity index (χ0n) is 37.5. The molecule has 0 aliphatic heterocycles. The number of fused-ring (bicyclic) bond motifs is 5. The lowest BCUT2D eigenvalue weighted by Gasteiger charge is -2.27. The number of pyridine rings is 1. The zero-order chi connectivity index (χ0) is 44.6. The average Bonchev–Trinajstić information content (AvgIpc) is 3.89. The summed E-state index contributed by atoms with van der Waals surface area (Å²) in [6.07, 6.45) is 1.89. The minimum absolute atomic E-state index is 0.190. The van der Waals surface area contributed by atoms with Gasteiger partial charge in [0.05, 0.1) is 22.3 Å². The Morgan fingerprint density at radius 1 is 0.508 bits per heavy atom. The molecule has 0 aliphatic carbocycles. The first-order chi connectivity index (χ1) is 31.4. The second-order valence-corrected chi connectivity index (χ2v) is 19.2. The third-order valence-corrected chi connectivity index (χ3v) is 12.8. The van der Waals surface area contributed by atoms with Gasteiger partial charge in [-0.1, -0.05) is 163 Å². The maximum Gasteiger partial charge on any atom is 0.161 e. The molecule has 11 aromatic rings. The predicted molar refractivity (Wildman–Crippen MR) is 270 cm³/mol. The van der Waals surface area contributed by atoms with Crippen LogP contribution in [0.3, 0.4) is 0 Å². The van der Waals surface area contributed by atoms with Crippen molar-refractivity contribution in [1.29, 1.82) is 0 Å². The van der Waals surface area contributed by atoms with Gasteiger partial charge in [-0.3, -0.25) is 9.55 Å². The summed E-state index contributed by atoms with van der Waals surface area (Å²) < 4.78 is 9.00. The van der Waals surface area contributed by atoms with Crippen LogP contribution in [0.5, 0.6) is 5.75 Å². The number of rotatable bonds is 6. The summed E-state index contributed by atoms with van der Waals surface area (Å²) in [5.74, 6) is 0.914. The highest BCUT2D eigenvalue weighted by atomic mass is 16.3. The van der Waals surface area contributed by atoms with Gasteiger partial charge >= 0.3 is 0 Å². The number of para-hydroxylation sites is 2. The minimum atomic E-state index is -0.331. The Hall–Kier alpha value is -7.76. The zero-order valence-corrected chi connectivity index (χ0v) is 37.5. The lowest BCUT2D eigenvalue weighted by molar-refractivity contribution is 0.446. The van der Waals surface area contributed by atoms with E-state index in [0.29, 0.717) is 11.4 Å². The van der Waals surface area contributed by atoms with E-state index in [-0.39, 0.29) is 16.6 Å². The molecule has 316 valence electrons. The summed E-state index contributed by atoms with van der Waals surface area (Å²) in [6, 6.07) is 61.7. The Bertz CT molecular complexity index is 3620. The van der Waals surface area contributed by atoms with Gasteiger partial charge < -0.3 is 9.52 Å². The number of benzene rings is 8. The topological polar surface area (TPSA) is 64.1 Å². The number of aromatic nitrogens is 3. The second-order valence-electron chi connectivity index (χ2n) is 19.2. The molecule has 3 aromatic heterocycles. The Morgan fingerprint density at radius 3 is 1.89 bits per heavy atom. The van der Waals surface area contributed by atoms with Crippen molar-refractivity contribution >= 4 is 43.7 Å². The number of phenols is 1. The molecule has 0 saturated carbocycles. The van der Waals surface area contributed by atoms with Gasteiger partial charge in [-0.15, -0.1) is 0 Å². The standard InChI is InChI=1S/C60H49N3O2/c1-59(2,3)44-35-49(56(64)50(36-44)60(4,5)6)58-62-55-46(25-17-27-52(55)63(58)51-26-16-15-24-45(51)38-20-11-8-12-21-38)42-30-41(37-18-9-7-10-19-37)31-43(32-42)54-57-47(28-29-61-54)48-33-39-22-13-14-23-40(39)34-53(48)65-57/h7-36,64H,1-6H3. The molecule has 0 amide bonds. The van der Waals surface area contributed by atoms with Gasteiger partial charge in [0, 0.05) is 39.2 Å². The molecule has 0 aliphatic rings. The Labute approximate surface area is 379 Å². The highest BCUT2D eigenvalue weighted by molar-refractivity contribution is 6.13. The van der Waals surface area contributed by atoms with Crippen molar-refractivity contribution in [2.45, 2.75) is 52.4 Å². The van der Waals surface area contributed by atoms with Crippen LogP contribution in [-0.2, 0) is 10.8 Å². The first-order valence-electron chi connectivity index (χ1n) is 22.4. The molecule has 0 saturated heterocycles. The van der Waals surface area contributed by atoms with Crippen LogP contribution < -0.4 is 0 Å². The smallest absolute Gasteiger partial charge is 0.161 e. The van der Waals surface area contributed by atoms with E-state index in [1.54, 1.807) is 0 Å². The summed E-state index contributed by atoms with van der Waals surface area (Å²) in [5.41, 5.74) is 14.4. The molecular weight excluding hydrogens is 795 g/mol. The summed E-state index contributed by atoms with van der Waals surface area (Å²) in [7, 11) is 0. The number of furan rings is 1. The molecule has 5 heteroatoms. The van der Waals surface area contributed by atoms with E-state index in [9.17, 15) is 5.11 Å². The fourth-order valence-corrected chi connectivity index (χ4v) is 9.41. The van der Waals surface area contributed by atoms with Gasteiger partial charge in [0.25, 0.3) is 0 Å². The van der Waals surface area contributed by atoms with E-state index < -0.39 is 0 Å². The van der Waals surface area contributed by atoms with Gasteiger partial charge in [0.15, 0.2) is 5.58 Å². The average molecular weight is 844 g/mol. The van der Waals surface area contributed by atoms with Crippen molar-refractivity contribution in [2.75, 3.05) is 0 Å². The highest BCUT2D eigenvalue weighted by Gasteiger charge is 2.29. The van der Waals surface area contributed by atoms with Crippen LogP contribution in [0, 0.1) is 0 Å². The molecule has 0 atom stereocenters. The Balaban J connectivity index is 1.21. The maximum absolute atomic E-state index is 12.5. The van der Waals surface area contributed by atoms with E-state index >= 15 is 0 Å². The van der Waals surface area contributed by atoms with E-state index in [1.165, 1.54) is 5.39 Å². The summed E-state index contributed by atoms with van der Waals surface area (Å²) in [4.78, 5) is 10.7. The predicted octanol–water partition coefficient (Wildman–Crippen LogP) is 16.1. The number of imidazole rings is 1. The largest absolute Gasteiger partial charge is 0.507 e. The molecular formula is C60H49N3O2. The third-order valence-electron chi connectivity index (χ3n) is 12.8. The number of aromatic hydroxyl groups is 1. The van der Waals surface area contributed by atoms with E-state index in [1.807, 2.05) is 18.3 Å². The van der Waals surface area contributed by atoms with Crippen LogP contribution in [0.4, 0.5) is 0 Å². The van der Waals surface area contributed by atoms with Crippen LogP contribution in [0.2, 0.25) is 0 Å². The molecule has 0 bridgehead atoms. The monoisotopic (exact) mass is 843 g/mol. The van der Waals surface area contributed by atoms with Crippen molar-refractivity contribution in [3.8, 4) is 67.5 Å². The van der Waals surface area contributed by atoms with Crippen molar-refractivity contribution in [1.82, 2.24) is 14.5 Å². The van der Waals surface area contributed by atoms with Gasteiger partial charge in [-0.2, -0.15) is 0 Å². The van der Waals surface area contributed by atoms with E-state index in [0.717, 1.165) is 99.8 Å². The highest BCUT2D eigenvalue weighted by Crippen LogP contribution is 2.46. The van der Waals surface area contributed by atoms with Crippen LogP contribution in [0.1, 0.15) is 52.7 Å². The third kappa shape index (κ3) is 6.95. The van der Waals surface area contributed by atoms with Crippen molar-refractivity contribution in [3.63, 3.8) is 0 Å². The van der Waals surface area contributed by atoms with Gasteiger partial charge in [0.1, 0.15) is 22.9 Å². The first-order valence-corrected chi connectivity index (χ1v) is 22.4. The minimum Gasteiger partial charge on any atom is -0.507 e. The normalized spacial score (nSPS) is 12.2. The Kier molecular flexibility index (Phi) is 9.37. The number of nitrogens with zero attached hydrogens (tertiary/aromatic N) is 3. The lowest BCUT2D eigenvalue weighted by Crippen LogP contribution is -2.17. The molecule has 65 heavy (non-hydrogen) atoms. The van der Waals surface area contributed by atoms with Crippen molar-refractivity contribution in [2.24, 2.45) is 0 Å². The second kappa shape index (κ2) is 15.2. The van der Waals surface area contributed by atoms with Crippen LogP contribution >= 0.6 is 0 Å². The van der Waals surface area contributed by atoms with Gasteiger partial charge in [0.2, 0.25) is 0 Å². The molecule has 11 rings (SSSR count). The molecule has 1 N–H and O–H groups in total. The lowest BCUT2D eigenvalue weighted by atomic mass is 9.79. The van der Waals surface area contributed by atoms with E-state index in [4.69, 9.17) is 14.4 Å². The van der Waals surface area contributed by atoms with Gasteiger partial charge in [-0.05, 0) is 104 Å². The quantitative estimate of drug-likeness (QED) is 0.181. The van der Waals surface area contributed by atoms with Crippen LogP contribution in [0.25, 0.3) is 105 Å². The maximum atomic E-state index is 12.5. The van der Waals surface area contributed by atoms with Crippen LogP contribution in [0.15, 0.2) is 187 Å². The van der Waals surface area contributed by atoms with Crippen molar-refractivity contribution < 1.29 is 9.52 Å². The summed E-state index contributed by atoms with van der Waals surface area (Å²) in [5, 5.41) is 16.9. The fourth-order valence-electron chi connectivity index (χ4n) is 9.41. The van der Waals surface area contributed by atoms with Crippen molar-refractivity contribution in [3.05, 3.63) is 193 Å². The molecule has 0 radical (unpaired) electrons. The first kappa shape index (κ1) is 40.0. The molecule has 0 unspecified atom stereocenters. The number of phenolic OH excluding ortho intramolecular Hbond substituents is 1. The number of hydrogen-bond acceptors (Lipinski definition) is 4. The molecule has 3 heterocycles. The van der Waals surface area contributed by atoms with Gasteiger partial charge in [-0.25, -0.2) is 4.98 Å². The summed E-state index contributed by atoms with van der Waals surface area (Å²) >= 11 is 0. The fraction of sp³-hybridized carbons (Fsp3) is 0.133.